The molecule has 6 heteroatoms. The normalized spacial score (nSPS) is 12.1. The minimum Gasteiger partial charge on any atom is -0.374 e. The molecule has 0 aliphatic heterocycles. The third kappa shape index (κ3) is 4.07. The Balaban J connectivity index is 2.03. The number of hydrogen-bond donors (Lipinski definition) is 2. The fraction of sp³-hybridized carbons (Fsp3) is 0.278. The average molecular weight is 336 g/mol. The van der Waals surface area contributed by atoms with Crippen LogP contribution in [0.2, 0.25) is 0 Å². The summed E-state index contributed by atoms with van der Waals surface area (Å²) >= 11 is 0. The Kier molecular flexibility index (Phi) is 5.49. The van der Waals surface area contributed by atoms with Crippen molar-refractivity contribution in [1.82, 2.24) is 0 Å². The van der Waals surface area contributed by atoms with Gasteiger partial charge in [-0.3, -0.25) is 4.79 Å². The molecule has 128 valence electrons. The van der Waals surface area contributed by atoms with Crippen LogP contribution in [0.3, 0.4) is 0 Å². The maximum absolute atomic E-state index is 13.6. The molecule has 1 atom stereocenters. The maximum atomic E-state index is 13.6. The molecule has 0 aliphatic carbocycles. The topological polar surface area (TPSA) is 41.1 Å². The van der Waals surface area contributed by atoms with Crippen LogP contribution in [0.4, 0.5) is 24.5 Å². The number of rotatable bonds is 5. The molecule has 2 N–H and O–H groups in total. The van der Waals surface area contributed by atoms with Gasteiger partial charge in [0, 0.05) is 5.69 Å². The van der Waals surface area contributed by atoms with Gasteiger partial charge in [-0.05, 0) is 42.7 Å². The third-order valence-electron chi connectivity index (χ3n) is 3.65. The Morgan fingerprint density at radius 2 is 1.54 bits per heavy atom. The van der Waals surface area contributed by atoms with E-state index >= 15 is 0 Å². The number of carbonyl (C=O) groups is 1. The second kappa shape index (κ2) is 7.38. The lowest BCUT2D eigenvalue weighted by molar-refractivity contribution is -0.116. The van der Waals surface area contributed by atoms with E-state index in [0.717, 1.165) is 17.8 Å². The number of benzene rings is 2. The van der Waals surface area contributed by atoms with Crippen molar-refractivity contribution in [2.45, 2.75) is 32.7 Å². The molecule has 2 aromatic carbocycles. The highest BCUT2D eigenvalue weighted by Gasteiger charge is 2.18. The van der Waals surface area contributed by atoms with Gasteiger partial charge in [-0.25, -0.2) is 13.2 Å². The van der Waals surface area contributed by atoms with Crippen LogP contribution in [0.15, 0.2) is 36.4 Å². The van der Waals surface area contributed by atoms with E-state index in [1.165, 1.54) is 5.56 Å². The van der Waals surface area contributed by atoms with Gasteiger partial charge in [0.15, 0.2) is 17.5 Å². The van der Waals surface area contributed by atoms with E-state index < -0.39 is 35.1 Å². The standard InChI is InChI=1S/C18H19F3N2O/c1-10(2)12-4-6-13(7-5-12)22-11(3)18(24)23-15-9-8-14(19)16(20)17(15)21/h4-11,22H,1-3H3,(H,23,24). The van der Waals surface area contributed by atoms with Gasteiger partial charge in [0.1, 0.15) is 6.04 Å². The fourth-order valence-corrected chi connectivity index (χ4v) is 2.14. The highest BCUT2D eigenvalue weighted by atomic mass is 19.2. The Labute approximate surface area is 138 Å². The molecular weight excluding hydrogens is 317 g/mol. The lowest BCUT2D eigenvalue weighted by Crippen LogP contribution is -2.32. The first-order valence-corrected chi connectivity index (χ1v) is 7.60. The van der Waals surface area contributed by atoms with Crippen LogP contribution in [-0.4, -0.2) is 11.9 Å². The summed E-state index contributed by atoms with van der Waals surface area (Å²) in [6, 6.07) is 8.64. The van der Waals surface area contributed by atoms with Crippen molar-refractivity contribution in [1.29, 1.82) is 0 Å². The van der Waals surface area contributed by atoms with Crippen LogP contribution >= 0.6 is 0 Å². The summed E-state index contributed by atoms with van der Waals surface area (Å²) in [5, 5.41) is 5.22. The largest absolute Gasteiger partial charge is 0.374 e. The van der Waals surface area contributed by atoms with Crippen molar-refractivity contribution < 1.29 is 18.0 Å². The van der Waals surface area contributed by atoms with E-state index in [0.29, 0.717) is 5.92 Å². The van der Waals surface area contributed by atoms with Gasteiger partial charge < -0.3 is 10.6 Å². The van der Waals surface area contributed by atoms with Crippen LogP contribution in [0.5, 0.6) is 0 Å². The molecule has 0 aromatic heterocycles. The number of anilines is 2. The molecule has 1 unspecified atom stereocenters. The van der Waals surface area contributed by atoms with Gasteiger partial charge in [-0.2, -0.15) is 0 Å². The molecule has 0 spiro atoms. The van der Waals surface area contributed by atoms with Gasteiger partial charge in [0.25, 0.3) is 0 Å². The summed E-state index contributed by atoms with van der Waals surface area (Å²) < 4.78 is 39.7. The second-order valence-electron chi connectivity index (χ2n) is 5.85. The summed E-state index contributed by atoms with van der Waals surface area (Å²) in [7, 11) is 0. The lowest BCUT2D eigenvalue weighted by Gasteiger charge is -2.16. The molecule has 0 saturated heterocycles. The fourth-order valence-electron chi connectivity index (χ4n) is 2.14. The van der Waals surface area contributed by atoms with E-state index in [-0.39, 0.29) is 0 Å². The van der Waals surface area contributed by atoms with Crippen molar-refractivity contribution >= 4 is 17.3 Å². The summed E-state index contributed by atoms with van der Waals surface area (Å²) in [6.45, 7) is 5.74. The SMILES string of the molecule is CC(Nc1ccc(C(C)C)cc1)C(=O)Nc1ccc(F)c(F)c1F. The first-order chi connectivity index (χ1) is 11.3. The quantitative estimate of drug-likeness (QED) is 0.779. The molecule has 0 aliphatic rings. The molecule has 0 fully saturated rings. The van der Waals surface area contributed by atoms with Gasteiger partial charge in [0.05, 0.1) is 5.69 Å². The van der Waals surface area contributed by atoms with E-state index in [1.54, 1.807) is 6.92 Å². The van der Waals surface area contributed by atoms with Crippen LogP contribution in [0, 0.1) is 17.5 Å². The summed E-state index contributed by atoms with van der Waals surface area (Å²) in [6.07, 6.45) is 0. The van der Waals surface area contributed by atoms with Crippen molar-refractivity contribution in [3.63, 3.8) is 0 Å². The van der Waals surface area contributed by atoms with E-state index in [2.05, 4.69) is 24.5 Å². The number of halogens is 3. The summed E-state index contributed by atoms with van der Waals surface area (Å²) in [4.78, 5) is 12.1. The summed E-state index contributed by atoms with van der Waals surface area (Å²) in [5.41, 5.74) is 1.50. The van der Waals surface area contributed by atoms with Crippen molar-refractivity contribution in [2.75, 3.05) is 10.6 Å². The minimum absolute atomic E-state index is 0.399. The van der Waals surface area contributed by atoms with Crippen LogP contribution < -0.4 is 10.6 Å². The lowest BCUT2D eigenvalue weighted by atomic mass is 10.0. The van der Waals surface area contributed by atoms with E-state index in [4.69, 9.17) is 0 Å². The summed E-state index contributed by atoms with van der Waals surface area (Å²) in [5.74, 6) is -4.50. The first-order valence-electron chi connectivity index (χ1n) is 7.60. The number of amides is 1. The Morgan fingerprint density at radius 3 is 2.12 bits per heavy atom. The monoisotopic (exact) mass is 336 g/mol. The van der Waals surface area contributed by atoms with Crippen LogP contribution in [-0.2, 0) is 4.79 Å². The zero-order chi connectivity index (χ0) is 17.9. The van der Waals surface area contributed by atoms with Crippen molar-refractivity contribution in [3.05, 3.63) is 59.4 Å². The third-order valence-corrected chi connectivity index (χ3v) is 3.65. The Morgan fingerprint density at radius 1 is 0.917 bits per heavy atom. The average Bonchev–Trinajstić information content (AvgIpc) is 2.55. The van der Waals surface area contributed by atoms with Gasteiger partial charge in [-0.15, -0.1) is 0 Å². The van der Waals surface area contributed by atoms with Crippen LogP contribution in [0.25, 0.3) is 0 Å². The molecule has 24 heavy (non-hydrogen) atoms. The van der Waals surface area contributed by atoms with Gasteiger partial charge in [0.2, 0.25) is 5.91 Å². The zero-order valence-corrected chi connectivity index (χ0v) is 13.7. The highest BCUT2D eigenvalue weighted by molar-refractivity contribution is 5.96. The molecule has 2 aromatic rings. The van der Waals surface area contributed by atoms with Gasteiger partial charge in [-0.1, -0.05) is 26.0 Å². The minimum atomic E-state index is -1.61. The first kappa shape index (κ1) is 17.8. The molecule has 3 nitrogen and oxygen atoms in total. The van der Waals surface area contributed by atoms with E-state index in [1.807, 2.05) is 24.3 Å². The molecule has 0 saturated carbocycles. The zero-order valence-electron chi connectivity index (χ0n) is 13.7. The van der Waals surface area contributed by atoms with Crippen LogP contribution in [0.1, 0.15) is 32.3 Å². The van der Waals surface area contributed by atoms with Crippen molar-refractivity contribution in [3.8, 4) is 0 Å². The van der Waals surface area contributed by atoms with Gasteiger partial charge >= 0.3 is 0 Å². The highest BCUT2D eigenvalue weighted by Crippen LogP contribution is 2.21. The van der Waals surface area contributed by atoms with Crippen molar-refractivity contribution in [2.24, 2.45) is 0 Å². The number of hydrogen-bond acceptors (Lipinski definition) is 2. The molecule has 0 radical (unpaired) electrons. The predicted molar refractivity (Wildman–Crippen MR) is 88.6 cm³/mol. The Bertz CT molecular complexity index is 730. The predicted octanol–water partition coefficient (Wildman–Crippen LogP) is 4.67. The molecule has 1 amide bonds. The molecular formula is C18H19F3N2O. The Hall–Kier alpha value is -2.50. The second-order valence-corrected chi connectivity index (χ2v) is 5.85. The molecule has 0 bridgehead atoms. The smallest absolute Gasteiger partial charge is 0.246 e. The maximum Gasteiger partial charge on any atom is 0.246 e. The van der Waals surface area contributed by atoms with E-state index in [9.17, 15) is 18.0 Å². The molecule has 2 rings (SSSR count). The molecule has 0 heterocycles. The number of carbonyl (C=O) groups excluding carboxylic acids is 1. The number of nitrogens with one attached hydrogen (secondary N) is 2.